The van der Waals surface area contributed by atoms with Gasteiger partial charge in [0.15, 0.2) is 5.82 Å². The second kappa shape index (κ2) is 12.2. The van der Waals surface area contributed by atoms with Gasteiger partial charge in [0, 0.05) is 22.3 Å². The lowest BCUT2D eigenvalue weighted by molar-refractivity contribution is 0.738. The topological polar surface area (TPSA) is 61.4 Å². The first-order chi connectivity index (χ1) is 29.3. The first kappa shape index (κ1) is 32.4. The zero-order valence-corrected chi connectivity index (χ0v) is 31.9. The number of allylic oxidation sites excluding steroid dienone is 4. The Bertz CT molecular complexity index is 3440. The molecule has 1 aliphatic heterocycles. The summed E-state index contributed by atoms with van der Waals surface area (Å²) in [6, 6.07) is 58.9. The molecule has 1 spiro atoms. The van der Waals surface area contributed by atoms with Crippen LogP contribution in [0, 0.1) is 0 Å². The van der Waals surface area contributed by atoms with Crippen LogP contribution in [0.4, 0.5) is 0 Å². The summed E-state index contributed by atoms with van der Waals surface area (Å²) >= 11 is 0. The fraction of sp³-hybridized carbons (Fsp3) is 0.0566. The molecular weight excluding hydrogens is 721 g/mol. The van der Waals surface area contributed by atoms with Gasteiger partial charge in [-0.2, -0.15) is 9.97 Å². The molecule has 2 aliphatic carbocycles. The van der Waals surface area contributed by atoms with Gasteiger partial charge in [0.1, 0.15) is 17.1 Å². The van der Waals surface area contributed by atoms with Crippen LogP contribution in [0.1, 0.15) is 40.7 Å². The molecule has 0 saturated carbocycles. The summed E-state index contributed by atoms with van der Waals surface area (Å²) in [5.41, 5.74) is 14.5. The van der Waals surface area contributed by atoms with Crippen LogP contribution in [0.5, 0.6) is 0 Å². The number of rotatable bonds is 4. The third-order valence-electron chi connectivity index (χ3n) is 12.7. The van der Waals surface area contributed by atoms with E-state index in [0.717, 1.165) is 62.0 Å². The van der Waals surface area contributed by atoms with E-state index >= 15 is 0 Å². The zero-order valence-electron chi connectivity index (χ0n) is 31.9. The van der Waals surface area contributed by atoms with Gasteiger partial charge in [-0.15, -0.1) is 0 Å². The lowest BCUT2D eigenvalue weighted by atomic mass is 9.73. The molecule has 3 aliphatic rings. The van der Waals surface area contributed by atoms with Crippen LogP contribution < -0.4 is 0 Å². The number of imidazole rings is 1. The molecule has 0 N–H and O–H groups in total. The van der Waals surface area contributed by atoms with Gasteiger partial charge in [-0.05, 0) is 81.8 Å². The monoisotopic (exact) mass is 754 g/mol. The summed E-state index contributed by atoms with van der Waals surface area (Å²) in [4.78, 5) is 20.9. The van der Waals surface area contributed by atoms with Gasteiger partial charge in [-0.1, -0.05) is 152 Å². The molecule has 6 heteroatoms. The Kier molecular flexibility index (Phi) is 6.67. The highest BCUT2D eigenvalue weighted by Gasteiger charge is 2.54. The third-order valence-corrected chi connectivity index (χ3v) is 12.7. The fourth-order valence-electron chi connectivity index (χ4n) is 10.2. The molecule has 0 bridgehead atoms. The molecule has 276 valence electrons. The molecule has 0 radical (unpaired) electrons. The van der Waals surface area contributed by atoms with Gasteiger partial charge in [0.2, 0.25) is 5.95 Å². The van der Waals surface area contributed by atoms with Crippen molar-refractivity contribution in [1.29, 1.82) is 0 Å². The number of benzene rings is 7. The van der Waals surface area contributed by atoms with Crippen LogP contribution in [0.15, 0.2) is 188 Å². The number of para-hydroxylation sites is 4. The molecule has 2 unspecified atom stereocenters. The predicted molar refractivity (Wildman–Crippen MR) is 236 cm³/mol. The molecule has 3 aromatic heterocycles. The Morgan fingerprint density at radius 3 is 2.15 bits per heavy atom. The van der Waals surface area contributed by atoms with Crippen molar-refractivity contribution in [1.82, 2.24) is 29.1 Å². The third kappa shape index (κ3) is 4.40. The highest BCUT2D eigenvalue weighted by Crippen LogP contribution is 2.62. The molecule has 59 heavy (non-hydrogen) atoms. The lowest BCUT2D eigenvalue weighted by Crippen LogP contribution is -2.27. The molecule has 13 rings (SSSR count). The summed E-state index contributed by atoms with van der Waals surface area (Å²) in [7, 11) is 0. The maximum absolute atomic E-state index is 5.45. The minimum atomic E-state index is -0.562. The highest BCUT2D eigenvalue weighted by atomic mass is 15.2. The van der Waals surface area contributed by atoms with Gasteiger partial charge >= 0.3 is 0 Å². The summed E-state index contributed by atoms with van der Waals surface area (Å²) in [6.45, 7) is 0. The maximum atomic E-state index is 5.45. The van der Waals surface area contributed by atoms with Crippen LogP contribution in [-0.4, -0.2) is 29.1 Å². The van der Waals surface area contributed by atoms with Crippen molar-refractivity contribution in [3.05, 3.63) is 216 Å². The van der Waals surface area contributed by atoms with Crippen molar-refractivity contribution >= 4 is 32.8 Å². The van der Waals surface area contributed by atoms with E-state index < -0.39 is 5.41 Å². The minimum absolute atomic E-state index is 0.0681. The van der Waals surface area contributed by atoms with E-state index in [4.69, 9.17) is 19.9 Å². The highest BCUT2D eigenvalue weighted by molar-refractivity contribution is 6.11. The van der Waals surface area contributed by atoms with Crippen LogP contribution in [0.25, 0.3) is 78.1 Å². The molecule has 0 amide bonds. The van der Waals surface area contributed by atoms with E-state index in [2.05, 4.69) is 179 Å². The standard InChI is InChI=1S/C53H34N6/c1-3-16-33(17-4-1)49-55-50(34-18-5-2-6-19-34)57-52(56-49)59-44-27-12-8-20-37(44)39-32-35(30-31-45(39)59)36-22-15-25-42-48(36)38-21-7-9-23-40(38)53(42)41-24-10-13-28-46(41)58-47-29-14-11-26-43(47)54-51(53)58/h1-18,20-32,34H,19H2. The Morgan fingerprint density at radius 2 is 1.25 bits per heavy atom. The van der Waals surface area contributed by atoms with Gasteiger partial charge in [0.05, 0.1) is 27.8 Å². The van der Waals surface area contributed by atoms with Crippen molar-refractivity contribution in [2.24, 2.45) is 0 Å². The van der Waals surface area contributed by atoms with E-state index in [0.29, 0.717) is 11.8 Å². The first-order valence-electron chi connectivity index (χ1n) is 20.3. The maximum Gasteiger partial charge on any atom is 0.238 e. The number of fused-ring (bicyclic) bond motifs is 15. The second-order valence-corrected chi connectivity index (χ2v) is 15.7. The van der Waals surface area contributed by atoms with Gasteiger partial charge < -0.3 is 0 Å². The smallest absolute Gasteiger partial charge is 0.238 e. The quantitative estimate of drug-likeness (QED) is 0.179. The molecular formula is C53H34N6. The van der Waals surface area contributed by atoms with Crippen molar-refractivity contribution in [2.45, 2.75) is 17.8 Å². The van der Waals surface area contributed by atoms with E-state index in [-0.39, 0.29) is 5.92 Å². The van der Waals surface area contributed by atoms with Crippen LogP contribution in [0.2, 0.25) is 0 Å². The van der Waals surface area contributed by atoms with E-state index in [1.807, 2.05) is 18.2 Å². The summed E-state index contributed by atoms with van der Waals surface area (Å²) in [6.07, 6.45) is 9.39. The number of aromatic nitrogens is 6. The summed E-state index contributed by atoms with van der Waals surface area (Å²) in [5.74, 6) is 3.18. The summed E-state index contributed by atoms with van der Waals surface area (Å²) in [5, 5.41) is 2.30. The Balaban J connectivity index is 1.04. The van der Waals surface area contributed by atoms with Crippen LogP contribution >= 0.6 is 0 Å². The average molecular weight is 755 g/mol. The largest absolute Gasteiger partial charge is 0.295 e. The lowest BCUT2D eigenvalue weighted by Gasteiger charge is -2.27. The number of nitrogens with zero attached hydrogens (tertiary/aromatic N) is 6. The molecule has 4 heterocycles. The zero-order chi connectivity index (χ0) is 38.7. The average Bonchev–Trinajstić information content (AvgIpc) is 4.03. The van der Waals surface area contributed by atoms with Crippen molar-refractivity contribution in [2.75, 3.05) is 0 Å². The number of hydrogen-bond donors (Lipinski definition) is 0. The van der Waals surface area contributed by atoms with Gasteiger partial charge in [-0.3, -0.25) is 9.13 Å². The van der Waals surface area contributed by atoms with Crippen LogP contribution in [-0.2, 0) is 5.41 Å². The molecule has 0 saturated heterocycles. The Hall–Kier alpha value is -7.70. The fourth-order valence-corrected chi connectivity index (χ4v) is 10.2. The SMILES string of the molecule is C1=CCC(c2nc(-c3ccccc3)nc(-n3c4ccccc4c4cc(-c5cccc6c5-c5ccccc5C65c6ccccc6-n6c5nc5ccccc56)ccc43)n2)C=C1. The van der Waals surface area contributed by atoms with Crippen molar-refractivity contribution in [3.63, 3.8) is 0 Å². The second-order valence-electron chi connectivity index (χ2n) is 15.7. The van der Waals surface area contributed by atoms with Crippen molar-refractivity contribution < 1.29 is 0 Å². The molecule has 7 aromatic carbocycles. The first-order valence-corrected chi connectivity index (χ1v) is 20.3. The van der Waals surface area contributed by atoms with E-state index in [1.165, 1.54) is 39.1 Å². The molecule has 2 atom stereocenters. The van der Waals surface area contributed by atoms with Gasteiger partial charge in [0.25, 0.3) is 0 Å². The molecule has 6 nitrogen and oxygen atoms in total. The minimum Gasteiger partial charge on any atom is -0.295 e. The van der Waals surface area contributed by atoms with Crippen LogP contribution in [0.3, 0.4) is 0 Å². The Labute approximate surface area is 340 Å². The van der Waals surface area contributed by atoms with Gasteiger partial charge in [-0.25, -0.2) is 9.97 Å². The van der Waals surface area contributed by atoms with E-state index in [1.54, 1.807) is 0 Å². The summed E-state index contributed by atoms with van der Waals surface area (Å²) < 4.78 is 4.61. The molecule has 0 fully saturated rings. The van der Waals surface area contributed by atoms with E-state index in [9.17, 15) is 0 Å². The molecule has 10 aromatic rings. The predicted octanol–water partition coefficient (Wildman–Crippen LogP) is 11.9. The normalized spacial score (nSPS) is 17.2. The van der Waals surface area contributed by atoms with Crippen molar-refractivity contribution in [3.8, 4) is 45.3 Å². The Morgan fingerprint density at radius 1 is 0.508 bits per heavy atom. The number of hydrogen-bond acceptors (Lipinski definition) is 4.